The minimum Gasteiger partial charge on any atom is -0.399 e. The van der Waals surface area contributed by atoms with Crippen LogP contribution < -0.4 is 11.1 Å². The van der Waals surface area contributed by atoms with Gasteiger partial charge in [0.05, 0.1) is 11.3 Å². The Labute approximate surface area is 119 Å². The van der Waals surface area contributed by atoms with E-state index in [0.29, 0.717) is 12.2 Å². The maximum Gasteiger partial charge on any atom is 0.151 e. The maximum absolute atomic E-state index is 11.5. The lowest BCUT2D eigenvalue weighted by molar-refractivity contribution is 0.597. The van der Waals surface area contributed by atoms with Crippen LogP contribution in [0.1, 0.15) is 12.6 Å². The number of anilines is 2. The molecular weight excluding hydrogens is 274 g/mol. The number of nitrogen functional groups attached to an aromatic ring is 1. The van der Waals surface area contributed by atoms with Crippen molar-refractivity contribution in [3.63, 3.8) is 0 Å². The van der Waals surface area contributed by atoms with E-state index >= 15 is 0 Å². The van der Waals surface area contributed by atoms with E-state index in [-0.39, 0.29) is 11.5 Å². The lowest BCUT2D eigenvalue weighted by Crippen LogP contribution is -2.17. The summed E-state index contributed by atoms with van der Waals surface area (Å²) in [4.78, 5) is 4.44. The Morgan fingerprint density at radius 2 is 2.05 bits per heavy atom. The summed E-state index contributed by atoms with van der Waals surface area (Å²) in [6.07, 6.45) is 0. The van der Waals surface area contributed by atoms with Crippen molar-refractivity contribution in [3.05, 3.63) is 30.0 Å². The Hall–Kier alpha value is -1.82. The number of fused-ring (bicyclic) bond motifs is 1. The number of rotatable bonds is 5. The van der Waals surface area contributed by atoms with Gasteiger partial charge in [-0.25, -0.2) is 8.42 Å². The highest BCUT2D eigenvalue weighted by molar-refractivity contribution is 7.91. The second-order valence-electron chi connectivity index (χ2n) is 4.75. The van der Waals surface area contributed by atoms with Gasteiger partial charge in [0.25, 0.3) is 0 Å². The summed E-state index contributed by atoms with van der Waals surface area (Å²) in [6, 6.07) is 7.42. The van der Waals surface area contributed by atoms with Crippen molar-refractivity contribution in [2.24, 2.45) is 0 Å². The molecule has 0 atom stereocenters. The highest BCUT2D eigenvalue weighted by atomic mass is 32.2. The van der Waals surface area contributed by atoms with E-state index in [1.165, 1.54) is 0 Å². The standard InChI is InChI=1S/C14H19N3O2S/c1-3-20(18,19)7-6-16-14-8-10(2)17-13-5-4-11(15)9-12(13)14/h4-5,8-9H,3,6-7,15H2,1-2H3,(H,16,17). The molecule has 6 heteroatoms. The monoisotopic (exact) mass is 293 g/mol. The molecule has 0 fully saturated rings. The topological polar surface area (TPSA) is 85.1 Å². The minimum absolute atomic E-state index is 0.120. The van der Waals surface area contributed by atoms with E-state index in [1.54, 1.807) is 13.0 Å². The number of nitrogens with two attached hydrogens (primary N) is 1. The van der Waals surface area contributed by atoms with Crippen LogP contribution in [-0.2, 0) is 9.84 Å². The SMILES string of the molecule is CCS(=O)(=O)CCNc1cc(C)nc2ccc(N)cc12. The minimum atomic E-state index is -2.96. The third-order valence-corrected chi connectivity index (χ3v) is 4.83. The van der Waals surface area contributed by atoms with Crippen LogP contribution in [0.5, 0.6) is 0 Å². The second-order valence-corrected chi connectivity index (χ2v) is 7.22. The molecule has 3 N–H and O–H groups in total. The normalized spacial score (nSPS) is 11.7. The average Bonchev–Trinajstić information content (AvgIpc) is 2.39. The first-order valence-corrected chi connectivity index (χ1v) is 8.34. The van der Waals surface area contributed by atoms with Crippen LogP contribution in [0.15, 0.2) is 24.3 Å². The fourth-order valence-electron chi connectivity index (χ4n) is 2.01. The molecule has 0 amide bonds. The highest BCUT2D eigenvalue weighted by Gasteiger charge is 2.08. The molecule has 0 spiro atoms. The highest BCUT2D eigenvalue weighted by Crippen LogP contribution is 2.25. The van der Waals surface area contributed by atoms with Gasteiger partial charge in [-0.3, -0.25) is 4.98 Å². The number of nitrogens with one attached hydrogen (secondary N) is 1. The fourth-order valence-corrected chi connectivity index (χ4v) is 2.71. The van der Waals surface area contributed by atoms with Crippen molar-refractivity contribution in [3.8, 4) is 0 Å². The van der Waals surface area contributed by atoms with Gasteiger partial charge < -0.3 is 11.1 Å². The van der Waals surface area contributed by atoms with Crippen LogP contribution >= 0.6 is 0 Å². The molecule has 2 rings (SSSR count). The molecule has 0 aliphatic rings. The lowest BCUT2D eigenvalue weighted by Gasteiger charge is -2.11. The van der Waals surface area contributed by atoms with Gasteiger partial charge in [-0.2, -0.15) is 0 Å². The van der Waals surface area contributed by atoms with Crippen molar-refractivity contribution in [2.75, 3.05) is 29.1 Å². The van der Waals surface area contributed by atoms with Crippen LogP contribution in [0.25, 0.3) is 10.9 Å². The zero-order valence-electron chi connectivity index (χ0n) is 11.7. The molecular formula is C14H19N3O2S. The first-order chi connectivity index (χ1) is 9.41. The van der Waals surface area contributed by atoms with Crippen LogP contribution in [0.3, 0.4) is 0 Å². The molecule has 108 valence electrons. The number of sulfone groups is 1. The largest absolute Gasteiger partial charge is 0.399 e. The Morgan fingerprint density at radius 3 is 2.75 bits per heavy atom. The number of benzene rings is 1. The Kier molecular flexibility index (Phi) is 4.13. The van der Waals surface area contributed by atoms with Gasteiger partial charge in [0.1, 0.15) is 0 Å². The maximum atomic E-state index is 11.5. The molecule has 1 aromatic carbocycles. The van der Waals surface area contributed by atoms with Crippen LogP contribution in [-0.4, -0.2) is 31.5 Å². The second kappa shape index (κ2) is 5.66. The van der Waals surface area contributed by atoms with E-state index in [9.17, 15) is 8.42 Å². The quantitative estimate of drug-likeness (QED) is 0.823. The first kappa shape index (κ1) is 14.6. The predicted molar refractivity (Wildman–Crippen MR) is 83.7 cm³/mol. The van der Waals surface area contributed by atoms with Gasteiger partial charge in [0.2, 0.25) is 0 Å². The van der Waals surface area contributed by atoms with E-state index in [2.05, 4.69) is 10.3 Å². The van der Waals surface area contributed by atoms with Gasteiger partial charge in [-0.15, -0.1) is 0 Å². The number of aryl methyl sites for hydroxylation is 1. The van der Waals surface area contributed by atoms with Crippen molar-refractivity contribution in [1.82, 2.24) is 4.98 Å². The molecule has 0 bridgehead atoms. The number of hydrogen-bond acceptors (Lipinski definition) is 5. The number of pyridine rings is 1. The van der Waals surface area contributed by atoms with Gasteiger partial charge in [0.15, 0.2) is 9.84 Å². The smallest absolute Gasteiger partial charge is 0.151 e. The molecule has 0 aliphatic carbocycles. The summed E-state index contributed by atoms with van der Waals surface area (Å²) >= 11 is 0. The van der Waals surface area contributed by atoms with Crippen molar-refractivity contribution in [2.45, 2.75) is 13.8 Å². The van der Waals surface area contributed by atoms with Gasteiger partial charge in [-0.1, -0.05) is 6.92 Å². The van der Waals surface area contributed by atoms with E-state index in [4.69, 9.17) is 5.73 Å². The predicted octanol–water partition coefficient (Wildman–Crippen LogP) is 1.97. The van der Waals surface area contributed by atoms with Crippen LogP contribution in [0.2, 0.25) is 0 Å². The molecule has 0 saturated carbocycles. The summed E-state index contributed by atoms with van der Waals surface area (Å²) in [5.41, 5.74) is 9.05. The molecule has 1 heterocycles. The molecule has 2 aromatic rings. The molecule has 5 nitrogen and oxygen atoms in total. The zero-order valence-corrected chi connectivity index (χ0v) is 12.5. The third kappa shape index (κ3) is 3.39. The number of aromatic nitrogens is 1. The number of nitrogens with zero attached hydrogens (tertiary/aromatic N) is 1. The lowest BCUT2D eigenvalue weighted by atomic mass is 10.1. The first-order valence-electron chi connectivity index (χ1n) is 6.52. The molecule has 0 saturated heterocycles. The van der Waals surface area contributed by atoms with E-state index in [0.717, 1.165) is 22.3 Å². The number of hydrogen-bond donors (Lipinski definition) is 2. The summed E-state index contributed by atoms with van der Waals surface area (Å²) < 4.78 is 23.0. The molecule has 20 heavy (non-hydrogen) atoms. The fraction of sp³-hybridized carbons (Fsp3) is 0.357. The van der Waals surface area contributed by atoms with Gasteiger partial charge in [-0.05, 0) is 31.2 Å². The van der Waals surface area contributed by atoms with E-state index in [1.807, 2.05) is 25.1 Å². The molecule has 0 radical (unpaired) electrons. The van der Waals surface area contributed by atoms with Crippen molar-refractivity contribution in [1.29, 1.82) is 0 Å². The summed E-state index contributed by atoms with van der Waals surface area (Å²) in [6.45, 7) is 3.94. The molecule has 1 aromatic heterocycles. The summed E-state index contributed by atoms with van der Waals surface area (Å²) in [7, 11) is -2.96. The zero-order chi connectivity index (χ0) is 14.8. The Morgan fingerprint density at radius 1 is 1.30 bits per heavy atom. The van der Waals surface area contributed by atoms with E-state index < -0.39 is 9.84 Å². The average molecular weight is 293 g/mol. The summed E-state index contributed by atoms with van der Waals surface area (Å²) in [5, 5.41) is 4.08. The Balaban J connectivity index is 2.27. The Bertz CT molecular complexity index is 727. The van der Waals surface area contributed by atoms with Crippen molar-refractivity contribution < 1.29 is 8.42 Å². The summed E-state index contributed by atoms with van der Waals surface area (Å²) in [5.74, 6) is 0.284. The third-order valence-electron chi connectivity index (χ3n) is 3.13. The van der Waals surface area contributed by atoms with Crippen LogP contribution in [0.4, 0.5) is 11.4 Å². The molecule has 0 aliphatic heterocycles. The van der Waals surface area contributed by atoms with Crippen LogP contribution in [0, 0.1) is 6.92 Å². The van der Waals surface area contributed by atoms with Crippen molar-refractivity contribution >= 4 is 32.1 Å². The van der Waals surface area contributed by atoms with Gasteiger partial charge in [0, 0.05) is 34.8 Å². The van der Waals surface area contributed by atoms with Gasteiger partial charge >= 0.3 is 0 Å². The molecule has 0 unspecified atom stereocenters.